The van der Waals surface area contributed by atoms with Crippen molar-refractivity contribution >= 4 is 23.2 Å². The van der Waals surface area contributed by atoms with E-state index in [4.69, 9.17) is 27.6 Å². The van der Waals surface area contributed by atoms with Crippen molar-refractivity contribution in [1.82, 2.24) is 0 Å². The van der Waals surface area contributed by atoms with Crippen LogP contribution in [0.25, 0.3) is 0 Å². The quantitative estimate of drug-likeness (QED) is 0.810. The summed E-state index contributed by atoms with van der Waals surface area (Å²) < 4.78 is 5.79. The zero-order chi connectivity index (χ0) is 16.3. The van der Waals surface area contributed by atoms with Crippen molar-refractivity contribution in [3.63, 3.8) is 0 Å². The van der Waals surface area contributed by atoms with E-state index >= 15 is 0 Å². The Kier molecular flexibility index (Phi) is 5.60. The average molecular weight is 341 g/mol. The molecule has 0 bridgehead atoms. The fourth-order valence-electron chi connectivity index (χ4n) is 2.80. The Bertz CT molecular complexity index is 634. The molecule has 22 heavy (non-hydrogen) atoms. The molecule has 0 aliphatic rings. The van der Waals surface area contributed by atoms with Gasteiger partial charge in [-0.3, -0.25) is 0 Å². The van der Waals surface area contributed by atoms with Crippen LogP contribution in [-0.4, -0.2) is 6.04 Å². The monoisotopic (exact) mass is 340 g/mol. The maximum atomic E-state index is 6.23. The molecule has 0 saturated carbocycles. The molecule has 2 N–H and O–H groups in total. The maximum Gasteiger partial charge on any atom is 0.109 e. The highest BCUT2D eigenvalue weighted by atomic mass is 35.5. The van der Waals surface area contributed by atoms with Crippen LogP contribution in [0.1, 0.15) is 44.3 Å². The van der Waals surface area contributed by atoms with E-state index in [2.05, 4.69) is 32.2 Å². The summed E-state index contributed by atoms with van der Waals surface area (Å²) in [7, 11) is 0. The van der Waals surface area contributed by atoms with Crippen LogP contribution in [0.2, 0.25) is 10.0 Å². The smallest absolute Gasteiger partial charge is 0.109 e. The van der Waals surface area contributed by atoms with E-state index in [9.17, 15) is 0 Å². The van der Waals surface area contributed by atoms with Gasteiger partial charge in [-0.15, -0.1) is 0 Å². The molecule has 0 aliphatic carbocycles. The van der Waals surface area contributed by atoms with Gasteiger partial charge in [0.2, 0.25) is 0 Å². The van der Waals surface area contributed by atoms with Crippen LogP contribution in [0.5, 0.6) is 0 Å². The van der Waals surface area contributed by atoms with E-state index in [1.54, 1.807) is 6.07 Å². The third-order valence-corrected chi connectivity index (χ3v) is 4.58. The second-order valence-corrected chi connectivity index (χ2v) is 7.49. The van der Waals surface area contributed by atoms with Crippen LogP contribution in [0.3, 0.4) is 0 Å². The van der Waals surface area contributed by atoms with Gasteiger partial charge in [-0.05, 0) is 38.1 Å². The van der Waals surface area contributed by atoms with Crippen molar-refractivity contribution in [2.45, 2.75) is 52.1 Å². The van der Waals surface area contributed by atoms with E-state index in [0.717, 1.165) is 35.1 Å². The minimum absolute atomic E-state index is 0.0218. The molecular weight excluding hydrogens is 317 g/mol. The minimum atomic E-state index is 0.0218. The number of hydrogen-bond donors (Lipinski definition) is 1. The van der Waals surface area contributed by atoms with E-state index < -0.39 is 0 Å². The predicted octanol–water partition coefficient (Wildman–Crippen LogP) is 4.71. The first-order chi connectivity index (χ1) is 10.3. The molecule has 0 saturated heterocycles. The van der Waals surface area contributed by atoms with Crippen LogP contribution >= 0.6 is 23.2 Å². The van der Waals surface area contributed by atoms with Crippen molar-refractivity contribution in [3.05, 3.63) is 57.5 Å². The Labute approximate surface area is 142 Å². The zero-order valence-corrected chi connectivity index (χ0v) is 15.1. The second kappa shape index (κ2) is 7.08. The first kappa shape index (κ1) is 17.4. The van der Waals surface area contributed by atoms with Gasteiger partial charge in [-0.1, -0.05) is 43.1 Å². The molecule has 0 amide bonds. The molecule has 4 heteroatoms. The first-order valence-electron chi connectivity index (χ1n) is 7.62. The van der Waals surface area contributed by atoms with Gasteiger partial charge in [0.1, 0.15) is 18.1 Å². The van der Waals surface area contributed by atoms with Gasteiger partial charge < -0.3 is 9.73 Å². The lowest BCUT2D eigenvalue weighted by Gasteiger charge is -2.25. The number of benzene rings is 1. The Hall–Kier alpha value is -0.960. The van der Waals surface area contributed by atoms with Gasteiger partial charge in [0.15, 0.2) is 0 Å². The number of rotatable bonds is 6. The summed E-state index contributed by atoms with van der Waals surface area (Å²) in [5, 5.41) is 3.72. The Balaban J connectivity index is 1.93. The highest BCUT2D eigenvalue weighted by Crippen LogP contribution is 2.29. The standard InChI is InChI=1S/C18H23Cl2NO/c1-12(10-18(3,4)17-8-5-13(2)22-17)21-11-14-6-7-15(19)9-16(14)20/h5-9,12,21H,10-11H2,1-4H3/p+1/t12-/m1/s1. The van der Waals surface area contributed by atoms with Crippen LogP contribution in [0.4, 0.5) is 0 Å². The zero-order valence-electron chi connectivity index (χ0n) is 13.6. The van der Waals surface area contributed by atoms with Crippen LogP contribution in [0, 0.1) is 6.92 Å². The molecule has 2 rings (SSSR count). The summed E-state index contributed by atoms with van der Waals surface area (Å²) in [6.45, 7) is 9.53. The normalized spacial score (nSPS) is 13.4. The van der Waals surface area contributed by atoms with Gasteiger partial charge in [0, 0.05) is 22.4 Å². The summed E-state index contributed by atoms with van der Waals surface area (Å²) in [4.78, 5) is 0. The Morgan fingerprint density at radius 3 is 2.50 bits per heavy atom. The van der Waals surface area contributed by atoms with Crippen LogP contribution in [0.15, 0.2) is 34.7 Å². The summed E-state index contributed by atoms with van der Waals surface area (Å²) in [6, 6.07) is 10.3. The van der Waals surface area contributed by atoms with Crippen LogP contribution in [-0.2, 0) is 12.0 Å². The third-order valence-electron chi connectivity index (χ3n) is 3.99. The lowest BCUT2D eigenvalue weighted by Crippen LogP contribution is -2.88. The molecule has 1 aromatic carbocycles. The molecule has 0 unspecified atom stereocenters. The average Bonchev–Trinajstić information content (AvgIpc) is 2.85. The van der Waals surface area contributed by atoms with E-state index in [1.807, 2.05) is 25.1 Å². The lowest BCUT2D eigenvalue weighted by molar-refractivity contribution is -0.702. The van der Waals surface area contributed by atoms with Gasteiger partial charge in [-0.25, -0.2) is 0 Å². The van der Waals surface area contributed by atoms with Gasteiger partial charge >= 0.3 is 0 Å². The van der Waals surface area contributed by atoms with E-state index in [1.165, 1.54) is 0 Å². The highest BCUT2D eigenvalue weighted by molar-refractivity contribution is 6.35. The molecule has 1 aromatic heterocycles. The number of aryl methyl sites for hydroxylation is 1. The molecule has 0 fully saturated rings. The predicted molar refractivity (Wildman–Crippen MR) is 92.6 cm³/mol. The summed E-state index contributed by atoms with van der Waals surface area (Å²) in [5.41, 5.74) is 1.14. The lowest BCUT2D eigenvalue weighted by atomic mass is 9.83. The molecule has 0 radical (unpaired) electrons. The van der Waals surface area contributed by atoms with Crippen molar-refractivity contribution < 1.29 is 9.73 Å². The SMILES string of the molecule is Cc1ccc(C(C)(C)C[C@@H](C)[NH2+]Cc2ccc(Cl)cc2Cl)o1. The number of halogens is 2. The number of furan rings is 1. The molecule has 0 spiro atoms. The largest absolute Gasteiger partial charge is 0.466 e. The highest BCUT2D eigenvalue weighted by Gasteiger charge is 2.28. The fourth-order valence-corrected chi connectivity index (χ4v) is 3.29. The number of quaternary nitrogens is 1. The molecule has 1 heterocycles. The third kappa shape index (κ3) is 4.52. The summed E-state index contributed by atoms with van der Waals surface area (Å²) >= 11 is 12.2. The second-order valence-electron chi connectivity index (χ2n) is 6.65. The summed E-state index contributed by atoms with van der Waals surface area (Å²) in [5.74, 6) is 2.02. The molecule has 0 aliphatic heterocycles. The molecule has 1 atom stereocenters. The Morgan fingerprint density at radius 1 is 1.18 bits per heavy atom. The van der Waals surface area contributed by atoms with Crippen molar-refractivity contribution in [3.8, 4) is 0 Å². The minimum Gasteiger partial charge on any atom is -0.466 e. The van der Waals surface area contributed by atoms with Gasteiger partial charge in [0.05, 0.1) is 11.1 Å². The van der Waals surface area contributed by atoms with E-state index in [-0.39, 0.29) is 5.41 Å². The molecule has 120 valence electrons. The summed E-state index contributed by atoms with van der Waals surface area (Å²) in [6.07, 6.45) is 1.03. The van der Waals surface area contributed by atoms with Crippen molar-refractivity contribution in [2.24, 2.45) is 0 Å². The molecule has 2 aromatic rings. The number of hydrogen-bond acceptors (Lipinski definition) is 1. The maximum absolute atomic E-state index is 6.23. The topological polar surface area (TPSA) is 29.8 Å². The Morgan fingerprint density at radius 2 is 1.91 bits per heavy atom. The van der Waals surface area contributed by atoms with Gasteiger partial charge in [0.25, 0.3) is 0 Å². The fraction of sp³-hybridized carbons (Fsp3) is 0.444. The van der Waals surface area contributed by atoms with E-state index in [0.29, 0.717) is 11.1 Å². The van der Waals surface area contributed by atoms with Crippen LogP contribution < -0.4 is 5.32 Å². The molecular formula is C18H24Cl2NO+. The van der Waals surface area contributed by atoms with Gasteiger partial charge in [-0.2, -0.15) is 0 Å². The molecule has 2 nitrogen and oxygen atoms in total. The van der Waals surface area contributed by atoms with Crippen molar-refractivity contribution in [2.75, 3.05) is 0 Å². The van der Waals surface area contributed by atoms with Crippen molar-refractivity contribution in [1.29, 1.82) is 0 Å². The number of nitrogens with two attached hydrogens (primary N) is 1. The first-order valence-corrected chi connectivity index (χ1v) is 8.38.